The van der Waals surface area contributed by atoms with Gasteiger partial charge < -0.3 is 14.6 Å². The number of nitriles is 1. The summed E-state index contributed by atoms with van der Waals surface area (Å²) in [6, 6.07) is 21.9. The lowest BCUT2D eigenvalue weighted by Gasteiger charge is -2.28. The van der Waals surface area contributed by atoms with E-state index in [2.05, 4.69) is 21.2 Å². The molecule has 3 rings (SSSR count). The van der Waals surface area contributed by atoms with Gasteiger partial charge >= 0.3 is 6.09 Å². The highest BCUT2D eigenvalue weighted by atomic mass is 79.9. The molecule has 0 aliphatic rings. The fourth-order valence-corrected chi connectivity index (χ4v) is 3.80. The summed E-state index contributed by atoms with van der Waals surface area (Å²) in [6.45, 7) is 0. The van der Waals surface area contributed by atoms with Crippen LogP contribution in [0.4, 0.5) is 10.5 Å². The molecule has 4 N–H and O–H groups in total. The van der Waals surface area contributed by atoms with Gasteiger partial charge in [0.25, 0.3) is 5.91 Å². The second-order valence-electron chi connectivity index (χ2n) is 7.77. The lowest BCUT2D eigenvalue weighted by molar-refractivity contribution is -0.124. The third-order valence-electron chi connectivity index (χ3n) is 5.16. The molecule has 37 heavy (non-hydrogen) atoms. The van der Waals surface area contributed by atoms with E-state index < -0.39 is 24.2 Å². The number of benzene rings is 3. The Labute approximate surface area is 222 Å². The summed E-state index contributed by atoms with van der Waals surface area (Å²) in [5.41, 5.74) is 2.69. The molecule has 2 atom stereocenters. The topological polar surface area (TPSA) is 141 Å². The highest BCUT2D eigenvalue weighted by molar-refractivity contribution is 9.10. The zero-order chi connectivity index (χ0) is 26.6. The van der Waals surface area contributed by atoms with Gasteiger partial charge in [0.05, 0.1) is 11.6 Å². The monoisotopic (exact) mass is 565 g/mol. The predicted octanol–water partition coefficient (Wildman–Crippen LogP) is 5.61. The maximum atomic E-state index is 12.9. The number of nitrogens with zero attached hydrogens (tertiary/aromatic N) is 1. The molecule has 0 fully saturated rings. The van der Waals surface area contributed by atoms with Crippen molar-refractivity contribution in [3.8, 4) is 17.6 Å². The summed E-state index contributed by atoms with van der Waals surface area (Å²) in [5.74, 6) is -0.267. The number of amides is 2. The molecular weight excluding hydrogens is 542 g/mol. The van der Waals surface area contributed by atoms with Gasteiger partial charge in [-0.25, -0.2) is 10.3 Å². The van der Waals surface area contributed by atoms with Crippen molar-refractivity contribution in [2.75, 3.05) is 5.32 Å². The second kappa shape index (κ2) is 13.7. The Kier molecular flexibility index (Phi) is 10.1. The number of carbonyl (C=O) groups excluding carboxylic acids is 2. The highest BCUT2D eigenvalue weighted by Crippen LogP contribution is 2.35. The van der Waals surface area contributed by atoms with Crippen LogP contribution in [0.1, 0.15) is 30.1 Å². The van der Waals surface area contributed by atoms with Gasteiger partial charge in [0, 0.05) is 21.8 Å². The Morgan fingerprint density at radius 1 is 1.08 bits per heavy atom. The molecule has 0 saturated heterocycles. The molecule has 0 saturated carbocycles. The van der Waals surface area contributed by atoms with E-state index in [-0.39, 0.29) is 12.2 Å². The van der Waals surface area contributed by atoms with E-state index in [1.54, 1.807) is 66.7 Å². The number of para-hydroxylation sites is 1. The number of nitrogens with one attached hydrogen (secondary N) is 2. The van der Waals surface area contributed by atoms with Gasteiger partial charge in [0.15, 0.2) is 6.10 Å². The smallest absolute Gasteiger partial charge is 0.412 e. The van der Waals surface area contributed by atoms with Gasteiger partial charge in [-0.2, -0.15) is 5.26 Å². The van der Waals surface area contributed by atoms with Crippen LogP contribution in [-0.4, -0.2) is 28.4 Å². The fourth-order valence-electron chi connectivity index (χ4n) is 3.42. The molecule has 3 aromatic carbocycles. The van der Waals surface area contributed by atoms with Crippen molar-refractivity contribution >= 4 is 33.6 Å². The van der Waals surface area contributed by atoms with E-state index in [4.69, 9.17) is 19.9 Å². The van der Waals surface area contributed by atoms with Crippen LogP contribution in [0.15, 0.2) is 89.4 Å². The number of ether oxygens (including phenoxy) is 2. The minimum Gasteiger partial charge on any atom is -0.508 e. The number of halogens is 1. The Balaban J connectivity index is 1.91. The quantitative estimate of drug-likeness (QED) is 0.142. The number of phenolic OH excluding ortho intramolecular Hbond substituents is 1. The Bertz CT molecular complexity index is 1280. The third-order valence-corrected chi connectivity index (χ3v) is 5.65. The molecule has 0 bridgehead atoms. The van der Waals surface area contributed by atoms with Crippen LogP contribution in [0.3, 0.4) is 0 Å². The number of hydrogen-bond acceptors (Lipinski definition) is 7. The van der Waals surface area contributed by atoms with Gasteiger partial charge in [-0.1, -0.05) is 40.2 Å². The molecule has 0 radical (unpaired) electrons. The van der Waals surface area contributed by atoms with E-state index >= 15 is 0 Å². The molecule has 2 amide bonds. The summed E-state index contributed by atoms with van der Waals surface area (Å²) in [4.78, 5) is 24.3. The van der Waals surface area contributed by atoms with Crippen molar-refractivity contribution in [3.63, 3.8) is 0 Å². The number of aromatic hydroxyl groups is 1. The molecule has 0 heterocycles. The molecule has 0 spiro atoms. The molecule has 0 aromatic heterocycles. The van der Waals surface area contributed by atoms with E-state index in [0.29, 0.717) is 33.5 Å². The van der Waals surface area contributed by atoms with Gasteiger partial charge in [-0.15, -0.1) is 0 Å². The van der Waals surface area contributed by atoms with Crippen molar-refractivity contribution in [1.82, 2.24) is 5.48 Å². The SMILES string of the molecule is N#Cc1ccc(NC(=O)O[C@@H](c2cc(Br)ccc2O)[C@H](CC/C=C/C(=O)NO)Oc2ccccc2)cc1. The first kappa shape index (κ1) is 27.3. The van der Waals surface area contributed by atoms with E-state index in [1.165, 1.54) is 17.6 Å². The standard InChI is InChI=1S/C27H24BrN3O6/c28-19-12-15-23(32)22(16-19)26(37-27(34)30-20-13-10-18(17-29)11-14-20)24(8-4-5-9-25(33)31-35)36-21-6-2-1-3-7-21/h1-3,5-7,9-16,24,26,32,35H,4,8H2,(H,30,34)(H,31,33)/b9-5+/t24-,26-/m0/s1. The van der Waals surface area contributed by atoms with Gasteiger partial charge in [0.2, 0.25) is 0 Å². The Morgan fingerprint density at radius 2 is 1.81 bits per heavy atom. The zero-order valence-corrected chi connectivity index (χ0v) is 21.1. The number of anilines is 1. The zero-order valence-electron chi connectivity index (χ0n) is 19.5. The molecular formula is C27H24BrN3O6. The second-order valence-corrected chi connectivity index (χ2v) is 8.68. The number of allylic oxidation sites excluding steroid dienone is 1. The molecule has 0 unspecified atom stereocenters. The molecule has 9 nitrogen and oxygen atoms in total. The summed E-state index contributed by atoms with van der Waals surface area (Å²) >= 11 is 3.39. The maximum absolute atomic E-state index is 12.9. The fraction of sp³-hybridized carbons (Fsp3) is 0.148. The van der Waals surface area contributed by atoms with Crippen molar-refractivity contribution in [1.29, 1.82) is 5.26 Å². The summed E-state index contributed by atoms with van der Waals surface area (Å²) in [7, 11) is 0. The normalized spacial score (nSPS) is 12.2. The van der Waals surface area contributed by atoms with Crippen LogP contribution in [0.2, 0.25) is 0 Å². The molecule has 0 aliphatic carbocycles. The number of carbonyl (C=O) groups is 2. The first-order valence-corrected chi connectivity index (χ1v) is 12.0. The first-order valence-electron chi connectivity index (χ1n) is 11.2. The lowest BCUT2D eigenvalue weighted by Crippen LogP contribution is -2.31. The Hall–Kier alpha value is -4.33. The number of phenols is 1. The van der Waals surface area contributed by atoms with Crippen LogP contribution in [0, 0.1) is 11.3 Å². The van der Waals surface area contributed by atoms with Crippen molar-refractivity contribution in [3.05, 3.63) is 101 Å². The summed E-state index contributed by atoms with van der Waals surface area (Å²) < 4.78 is 12.6. The molecule has 10 heteroatoms. The highest BCUT2D eigenvalue weighted by Gasteiger charge is 2.31. The summed E-state index contributed by atoms with van der Waals surface area (Å²) in [5, 5.41) is 30.9. The van der Waals surface area contributed by atoms with E-state index in [9.17, 15) is 14.7 Å². The maximum Gasteiger partial charge on any atom is 0.412 e. The van der Waals surface area contributed by atoms with Gasteiger partial charge in [-0.05, 0) is 67.4 Å². The Morgan fingerprint density at radius 3 is 2.49 bits per heavy atom. The van der Waals surface area contributed by atoms with Crippen molar-refractivity contribution in [2.24, 2.45) is 0 Å². The third kappa shape index (κ3) is 8.38. The number of hydroxylamine groups is 1. The molecule has 190 valence electrons. The van der Waals surface area contributed by atoms with E-state index in [1.807, 2.05) is 12.1 Å². The minimum absolute atomic E-state index is 0.101. The number of hydrogen-bond donors (Lipinski definition) is 4. The van der Waals surface area contributed by atoms with Crippen LogP contribution in [-0.2, 0) is 9.53 Å². The predicted molar refractivity (Wildman–Crippen MR) is 139 cm³/mol. The lowest BCUT2D eigenvalue weighted by atomic mass is 9.99. The molecule has 0 aliphatic heterocycles. The van der Waals surface area contributed by atoms with Crippen LogP contribution in [0.5, 0.6) is 11.5 Å². The van der Waals surface area contributed by atoms with E-state index in [0.717, 1.165) is 0 Å². The average molecular weight is 566 g/mol. The summed E-state index contributed by atoms with van der Waals surface area (Å²) in [6.07, 6.45) is 0.686. The molecule has 3 aromatic rings. The van der Waals surface area contributed by atoms with Crippen molar-refractivity contribution in [2.45, 2.75) is 25.0 Å². The van der Waals surface area contributed by atoms with Crippen molar-refractivity contribution < 1.29 is 29.4 Å². The van der Waals surface area contributed by atoms with Crippen LogP contribution < -0.4 is 15.5 Å². The largest absolute Gasteiger partial charge is 0.508 e. The van der Waals surface area contributed by atoms with Crippen LogP contribution >= 0.6 is 15.9 Å². The van der Waals surface area contributed by atoms with Gasteiger partial charge in [0.1, 0.15) is 17.6 Å². The first-order chi connectivity index (χ1) is 17.9. The van der Waals surface area contributed by atoms with Crippen LogP contribution in [0.25, 0.3) is 0 Å². The van der Waals surface area contributed by atoms with Gasteiger partial charge in [-0.3, -0.25) is 15.3 Å². The minimum atomic E-state index is -1.06. The number of rotatable bonds is 10. The average Bonchev–Trinajstić information content (AvgIpc) is 2.91.